The summed E-state index contributed by atoms with van der Waals surface area (Å²) in [4.78, 5) is 0. The SMILES string of the molecule is [2H].c1ccc(-n2ccnn2)cc1. The second kappa shape index (κ2) is 2.54. The molecule has 3 nitrogen and oxygen atoms in total. The molecular weight excluding hydrogens is 138 g/mol. The highest BCUT2D eigenvalue weighted by molar-refractivity contribution is 5.29. The normalized spacial score (nSPS) is 9.82. The first-order valence-electron chi connectivity index (χ1n) is 3.38. The van der Waals surface area contributed by atoms with Crippen LogP contribution in [0.2, 0.25) is 0 Å². The van der Waals surface area contributed by atoms with Gasteiger partial charge < -0.3 is 0 Å². The Balaban J connectivity index is 0.000000720. The summed E-state index contributed by atoms with van der Waals surface area (Å²) >= 11 is 0. The van der Waals surface area contributed by atoms with E-state index in [1.807, 2.05) is 36.5 Å². The molecule has 0 fully saturated rings. The maximum atomic E-state index is 3.85. The number of hydrogen-bond donors (Lipinski definition) is 0. The largest absolute Gasteiger partial charge is 0.221 e. The van der Waals surface area contributed by atoms with Gasteiger partial charge in [0, 0.05) is 1.43 Å². The minimum atomic E-state index is 0. The maximum absolute atomic E-state index is 3.85. The molecule has 0 saturated heterocycles. The molecule has 0 amide bonds. The molecule has 1 radical (unpaired) electrons. The van der Waals surface area contributed by atoms with E-state index in [2.05, 4.69) is 10.3 Å². The van der Waals surface area contributed by atoms with Crippen LogP contribution < -0.4 is 0 Å². The summed E-state index contributed by atoms with van der Waals surface area (Å²) in [5.74, 6) is 0. The lowest BCUT2D eigenvalue weighted by Crippen LogP contribution is -1.93. The van der Waals surface area contributed by atoms with Gasteiger partial charge in [-0.2, -0.15) is 0 Å². The highest BCUT2D eigenvalue weighted by Gasteiger charge is 1.91. The smallest absolute Gasteiger partial charge is 0.0697 e. The van der Waals surface area contributed by atoms with Crippen molar-refractivity contribution in [2.45, 2.75) is 0 Å². The third-order valence-corrected chi connectivity index (χ3v) is 1.44. The van der Waals surface area contributed by atoms with Gasteiger partial charge in [-0.25, -0.2) is 4.68 Å². The van der Waals surface area contributed by atoms with Crippen LogP contribution in [-0.4, -0.2) is 15.0 Å². The van der Waals surface area contributed by atoms with E-state index >= 15 is 0 Å². The predicted molar refractivity (Wildman–Crippen MR) is 42.5 cm³/mol. The Morgan fingerprint density at radius 3 is 2.64 bits per heavy atom. The average Bonchev–Trinajstić information content (AvgIpc) is 2.58. The molecule has 11 heavy (non-hydrogen) atoms. The third kappa shape index (κ3) is 1.12. The van der Waals surface area contributed by atoms with E-state index in [-0.39, 0.29) is 1.43 Å². The fourth-order valence-electron chi connectivity index (χ4n) is 0.927. The zero-order valence-corrected chi connectivity index (χ0v) is 5.88. The van der Waals surface area contributed by atoms with Gasteiger partial charge in [-0.15, -0.1) is 5.10 Å². The summed E-state index contributed by atoms with van der Waals surface area (Å²) in [6.07, 6.45) is 3.47. The molecule has 0 aliphatic rings. The second-order valence-electron chi connectivity index (χ2n) is 2.18. The van der Waals surface area contributed by atoms with Gasteiger partial charge >= 0.3 is 0 Å². The van der Waals surface area contributed by atoms with Crippen LogP contribution in [0.4, 0.5) is 0 Å². The Bertz CT molecular complexity index is 317. The summed E-state index contributed by atoms with van der Waals surface area (Å²) in [6, 6.07) is 9.87. The van der Waals surface area contributed by atoms with E-state index in [4.69, 9.17) is 0 Å². The number of para-hydroxylation sites is 1. The van der Waals surface area contributed by atoms with E-state index in [1.54, 1.807) is 10.9 Å². The molecular formula is C8H8N3. The minimum Gasteiger partial charge on any atom is -0.221 e. The van der Waals surface area contributed by atoms with Crippen molar-refractivity contribution < 1.29 is 1.43 Å². The maximum Gasteiger partial charge on any atom is 0.0697 e. The second-order valence-corrected chi connectivity index (χ2v) is 2.18. The predicted octanol–water partition coefficient (Wildman–Crippen LogP) is 1.38. The van der Waals surface area contributed by atoms with E-state index in [0.29, 0.717) is 0 Å². The Morgan fingerprint density at radius 2 is 2.00 bits per heavy atom. The summed E-state index contributed by atoms with van der Waals surface area (Å²) < 4.78 is 1.72. The summed E-state index contributed by atoms with van der Waals surface area (Å²) in [5.41, 5.74) is 1.03. The van der Waals surface area contributed by atoms with Crippen LogP contribution in [0.15, 0.2) is 42.7 Å². The fourth-order valence-corrected chi connectivity index (χ4v) is 0.927. The number of benzene rings is 1. The van der Waals surface area contributed by atoms with Crippen LogP contribution in [0.5, 0.6) is 0 Å². The lowest BCUT2D eigenvalue weighted by molar-refractivity contribution is 0.803. The van der Waals surface area contributed by atoms with Crippen LogP contribution in [-0.2, 0) is 0 Å². The van der Waals surface area contributed by atoms with Gasteiger partial charge in [-0.1, -0.05) is 23.4 Å². The summed E-state index contributed by atoms with van der Waals surface area (Å²) in [7, 11) is 0. The van der Waals surface area contributed by atoms with Crippen molar-refractivity contribution in [2.24, 2.45) is 0 Å². The molecule has 0 N–H and O–H groups in total. The first-order valence-corrected chi connectivity index (χ1v) is 3.38. The topological polar surface area (TPSA) is 30.7 Å². The van der Waals surface area contributed by atoms with Crippen LogP contribution >= 0.6 is 0 Å². The first kappa shape index (κ1) is 6.09. The van der Waals surface area contributed by atoms with Crippen molar-refractivity contribution in [1.29, 1.82) is 0 Å². The van der Waals surface area contributed by atoms with Crippen molar-refractivity contribution in [2.75, 3.05) is 0 Å². The average molecular weight is 147 g/mol. The molecule has 2 aromatic rings. The molecule has 0 atom stereocenters. The number of nitrogens with zero attached hydrogens (tertiary/aromatic N) is 3. The van der Waals surface area contributed by atoms with Gasteiger partial charge in [0.2, 0.25) is 0 Å². The molecule has 3 heteroatoms. The first-order chi connectivity index (χ1) is 5.47. The quantitative estimate of drug-likeness (QED) is 0.610. The zero-order valence-electron chi connectivity index (χ0n) is 6.88. The van der Waals surface area contributed by atoms with Crippen molar-refractivity contribution in [3.05, 3.63) is 42.7 Å². The van der Waals surface area contributed by atoms with Gasteiger partial charge in [-0.05, 0) is 12.1 Å². The molecule has 0 spiro atoms. The lowest BCUT2D eigenvalue weighted by atomic mass is 10.3. The van der Waals surface area contributed by atoms with Crippen molar-refractivity contribution in [1.82, 2.24) is 15.0 Å². The molecule has 0 aliphatic heterocycles. The number of hydrogen-bond acceptors (Lipinski definition) is 2. The van der Waals surface area contributed by atoms with Crippen molar-refractivity contribution in [3.63, 3.8) is 0 Å². The summed E-state index contributed by atoms with van der Waals surface area (Å²) in [6.45, 7) is 0. The minimum absolute atomic E-state index is 0. The Kier molecular flexibility index (Phi) is 1.41. The van der Waals surface area contributed by atoms with Crippen LogP contribution in [0.1, 0.15) is 1.43 Å². The molecule has 1 aromatic heterocycles. The molecule has 0 saturated carbocycles. The van der Waals surface area contributed by atoms with Crippen LogP contribution in [0.3, 0.4) is 0 Å². The van der Waals surface area contributed by atoms with Crippen molar-refractivity contribution >= 4 is 0 Å². The van der Waals surface area contributed by atoms with Crippen molar-refractivity contribution in [3.8, 4) is 5.69 Å². The van der Waals surface area contributed by atoms with Gasteiger partial charge in [0.05, 0.1) is 18.1 Å². The summed E-state index contributed by atoms with van der Waals surface area (Å²) in [5, 5.41) is 7.56. The fraction of sp³-hybridized carbons (Fsp3) is 0. The lowest BCUT2D eigenvalue weighted by Gasteiger charge is -1.96. The number of aromatic nitrogens is 3. The number of rotatable bonds is 1. The van der Waals surface area contributed by atoms with Gasteiger partial charge in [0.15, 0.2) is 0 Å². The highest BCUT2D eigenvalue weighted by atomic mass is 15.4. The van der Waals surface area contributed by atoms with Crippen LogP contribution in [0.25, 0.3) is 5.69 Å². The highest BCUT2D eigenvalue weighted by Crippen LogP contribution is 2.02. The van der Waals surface area contributed by atoms with Gasteiger partial charge in [0.25, 0.3) is 0 Å². The Labute approximate surface area is 65.8 Å². The molecule has 2 rings (SSSR count). The molecule has 1 aromatic carbocycles. The molecule has 0 unspecified atom stereocenters. The molecule has 55 valence electrons. The molecule has 0 bridgehead atoms. The van der Waals surface area contributed by atoms with E-state index in [9.17, 15) is 0 Å². The molecule has 0 aliphatic carbocycles. The van der Waals surface area contributed by atoms with Gasteiger partial charge in [0.1, 0.15) is 0 Å². The monoisotopic (exact) mass is 147 g/mol. The van der Waals surface area contributed by atoms with E-state index in [1.165, 1.54) is 0 Å². The Hall–Kier alpha value is -1.64. The van der Waals surface area contributed by atoms with Crippen LogP contribution in [0, 0.1) is 0 Å². The van der Waals surface area contributed by atoms with E-state index < -0.39 is 0 Å². The zero-order chi connectivity index (χ0) is 7.52. The molecule has 1 heterocycles. The van der Waals surface area contributed by atoms with Gasteiger partial charge in [-0.3, -0.25) is 0 Å². The third-order valence-electron chi connectivity index (χ3n) is 1.44. The Morgan fingerprint density at radius 1 is 1.18 bits per heavy atom. The standard InChI is InChI=1S/C8H7N3.H/c1-2-4-8(5-3-1)11-7-6-9-10-11;/h1-7H;/i;1+1. The van der Waals surface area contributed by atoms with E-state index in [0.717, 1.165) is 5.69 Å².